The maximum atomic E-state index is 13.0. The summed E-state index contributed by atoms with van der Waals surface area (Å²) >= 11 is 0. The van der Waals surface area contributed by atoms with Gasteiger partial charge in [0.2, 0.25) is 0 Å². The molecular weight excluding hydrogens is 1160 g/mol. The Balaban J connectivity index is 5.26. The molecule has 0 aliphatic rings. The van der Waals surface area contributed by atoms with E-state index >= 15 is 0 Å². The third-order valence-electron chi connectivity index (χ3n) is 16.2. The van der Waals surface area contributed by atoms with Crippen LogP contribution in [0, 0.1) is 23.7 Å². The SMILES string of the molecule is CCC(C)CCCCCCCCC(=O)O[C@H](COC(=O)CCCCCCCCCCC(C)C)COP(=O)(O)OCC(O)COP(=O)(O)OC[C@@H](COC(=O)CCCCCCCCCCCCCC(C)C)OC(=O)CCCCCCCCCCCCC(C)C. The van der Waals surface area contributed by atoms with E-state index in [0.29, 0.717) is 25.7 Å². The molecule has 0 aromatic rings. The summed E-state index contributed by atoms with van der Waals surface area (Å²) in [4.78, 5) is 72.5. The summed E-state index contributed by atoms with van der Waals surface area (Å²) < 4.78 is 68.2. The van der Waals surface area contributed by atoms with Crippen molar-refractivity contribution in [1.29, 1.82) is 0 Å². The van der Waals surface area contributed by atoms with Crippen LogP contribution in [0.4, 0.5) is 0 Å². The number of phosphoric acid groups is 2. The van der Waals surface area contributed by atoms with E-state index < -0.39 is 97.5 Å². The average molecular weight is 1300 g/mol. The van der Waals surface area contributed by atoms with Crippen LogP contribution in [0.2, 0.25) is 0 Å². The second kappa shape index (κ2) is 58.8. The first kappa shape index (κ1) is 86.1. The quantitative estimate of drug-likeness (QED) is 0.0222. The third kappa shape index (κ3) is 61.6. The van der Waals surface area contributed by atoms with Crippen molar-refractivity contribution >= 4 is 39.5 Å². The lowest BCUT2D eigenvalue weighted by molar-refractivity contribution is -0.161. The van der Waals surface area contributed by atoms with Crippen molar-refractivity contribution in [3.63, 3.8) is 0 Å². The summed E-state index contributed by atoms with van der Waals surface area (Å²) in [5, 5.41) is 10.6. The number of hydrogen-bond donors (Lipinski definition) is 3. The molecule has 17 nitrogen and oxygen atoms in total. The summed E-state index contributed by atoms with van der Waals surface area (Å²) in [6, 6.07) is 0. The van der Waals surface area contributed by atoms with Crippen LogP contribution in [-0.2, 0) is 65.4 Å². The first-order valence-electron chi connectivity index (χ1n) is 35.7. The molecular formula is C69H134O17P2. The molecule has 6 atom stereocenters. The van der Waals surface area contributed by atoms with E-state index in [4.69, 9.17) is 37.0 Å². The second-order valence-corrected chi connectivity index (χ2v) is 29.5. The van der Waals surface area contributed by atoms with E-state index in [0.717, 1.165) is 114 Å². The fourth-order valence-corrected chi connectivity index (χ4v) is 11.9. The summed E-state index contributed by atoms with van der Waals surface area (Å²) in [6.45, 7) is 14.1. The van der Waals surface area contributed by atoms with Crippen molar-refractivity contribution in [2.75, 3.05) is 39.6 Å². The van der Waals surface area contributed by atoms with Gasteiger partial charge in [0, 0.05) is 25.7 Å². The molecule has 0 aromatic heterocycles. The van der Waals surface area contributed by atoms with Gasteiger partial charge >= 0.3 is 39.5 Å². The molecule has 0 heterocycles. The highest BCUT2D eigenvalue weighted by Crippen LogP contribution is 2.45. The smallest absolute Gasteiger partial charge is 0.462 e. The van der Waals surface area contributed by atoms with Gasteiger partial charge in [0.05, 0.1) is 26.4 Å². The average Bonchev–Trinajstić information content (AvgIpc) is 3.64. The summed E-state index contributed by atoms with van der Waals surface area (Å²) in [6.07, 6.45) is 40.4. The zero-order chi connectivity index (χ0) is 65.4. The molecule has 0 radical (unpaired) electrons. The van der Waals surface area contributed by atoms with Crippen LogP contribution < -0.4 is 0 Å². The lowest BCUT2D eigenvalue weighted by atomic mass is 10.00. The molecule has 0 saturated carbocycles. The van der Waals surface area contributed by atoms with Crippen molar-refractivity contribution < 1.29 is 80.2 Å². The predicted octanol–water partition coefficient (Wildman–Crippen LogP) is 19.3. The van der Waals surface area contributed by atoms with Crippen molar-refractivity contribution in [3.05, 3.63) is 0 Å². The molecule has 0 spiro atoms. The van der Waals surface area contributed by atoms with Gasteiger partial charge in [-0.25, -0.2) is 9.13 Å². The third-order valence-corrected chi connectivity index (χ3v) is 18.1. The fourth-order valence-electron chi connectivity index (χ4n) is 10.3. The van der Waals surface area contributed by atoms with E-state index in [2.05, 4.69) is 55.4 Å². The van der Waals surface area contributed by atoms with Crippen LogP contribution in [-0.4, -0.2) is 96.7 Å². The maximum absolute atomic E-state index is 13.0. The number of carbonyl (C=O) groups is 4. The highest BCUT2D eigenvalue weighted by atomic mass is 31.2. The first-order chi connectivity index (χ1) is 42.1. The molecule has 0 bridgehead atoms. The lowest BCUT2D eigenvalue weighted by Gasteiger charge is -2.21. The van der Waals surface area contributed by atoms with Crippen molar-refractivity contribution in [1.82, 2.24) is 0 Å². The summed E-state index contributed by atoms with van der Waals surface area (Å²) in [7, 11) is -9.90. The van der Waals surface area contributed by atoms with Crippen LogP contribution in [0.1, 0.15) is 338 Å². The lowest BCUT2D eigenvalue weighted by Crippen LogP contribution is -2.30. The number of aliphatic hydroxyl groups is 1. The molecule has 0 saturated heterocycles. The van der Waals surface area contributed by atoms with E-state index in [9.17, 15) is 43.2 Å². The van der Waals surface area contributed by atoms with Gasteiger partial charge in [0.25, 0.3) is 0 Å². The molecule has 0 aromatic carbocycles. The van der Waals surface area contributed by atoms with Gasteiger partial charge in [-0.1, -0.05) is 287 Å². The Morgan fingerprint density at radius 1 is 0.318 bits per heavy atom. The van der Waals surface area contributed by atoms with Crippen LogP contribution in [0.15, 0.2) is 0 Å². The van der Waals surface area contributed by atoms with Crippen LogP contribution in [0.5, 0.6) is 0 Å². The Morgan fingerprint density at radius 3 is 0.807 bits per heavy atom. The Labute approximate surface area is 537 Å². The van der Waals surface area contributed by atoms with E-state index in [1.807, 2.05) is 0 Å². The van der Waals surface area contributed by atoms with Crippen molar-refractivity contribution in [2.24, 2.45) is 23.7 Å². The maximum Gasteiger partial charge on any atom is 0.472 e. The number of unbranched alkanes of at least 4 members (excludes halogenated alkanes) is 31. The van der Waals surface area contributed by atoms with E-state index in [1.165, 1.54) is 141 Å². The molecule has 0 amide bonds. The molecule has 0 aliphatic carbocycles. The van der Waals surface area contributed by atoms with Gasteiger partial charge < -0.3 is 33.8 Å². The topological polar surface area (TPSA) is 237 Å². The summed E-state index contributed by atoms with van der Waals surface area (Å²) in [5.41, 5.74) is 0. The van der Waals surface area contributed by atoms with E-state index in [-0.39, 0.29) is 25.7 Å². The number of aliphatic hydroxyl groups excluding tert-OH is 1. The Bertz CT molecular complexity index is 1750. The number of rotatable bonds is 66. The zero-order valence-electron chi connectivity index (χ0n) is 57.3. The Hall–Kier alpha value is -1.94. The minimum Gasteiger partial charge on any atom is -0.462 e. The van der Waals surface area contributed by atoms with Crippen LogP contribution in [0.25, 0.3) is 0 Å². The van der Waals surface area contributed by atoms with Crippen molar-refractivity contribution in [2.45, 2.75) is 356 Å². The number of phosphoric ester groups is 2. The highest BCUT2D eigenvalue weighted by Gasteiger charge is 2.30. The number of hydrogen-bond acceptors (Lipinski definition) is 15. The zero-order valence-corrected chi connectivity index (χ0v) is 59.1. The number of carbonyl (C=O) groups excluding carboxylic acids is 4. The predicted molar refractivity (Wildman–Crippen MR) is 354 cm³/mol. The molecule has 88 heavy (non-hydrogen) atoms. The van der Waals surface area contributed by atoms with Crippen molar-refractivity contribution in [3.8, 4) is 0 Å². The summed E-state index contributed by atoms with van der Waals surface area (Å²) in [5.74, 6) is 0.836. The molecule has 3 N–H and O–H groups in total. The number of ether oxygens (including phenoxy) is 4. The Morgan fingerprint density at radius 2 is 0.545 bits per heavy atom. The fraction of sp³-hybridized carbons (Fsp3) is 0.942. The van der Waals surface area contributed by atoms with Crippen LogP contribution >= 0.6 is 15.6 Å². The first-order valence-corrected chi connectivity index (χ1v) is 38.7. The largest absolute Gasteiger partial charge is 0.472 e. The Kier molecular flexibility index (Phi) is 57.6. The van der Waals surface area contributed by atoms with Gasteiger partial charge in [-0.2, -0.15) is 0 Å². The minimum atomic E-state index is -4.95. The minimum absolute atomic E-state index is 0.102. The van der Waals surface area contributed by atoms with Gasteiger partial charge in [-0.05, 0) is 49.4 Å². The monoisotopic (exact) mass is 1300 g/mol. The van der Waals surface area contributed by atoms with Gasteiger partial charge in [0.15, 0.2) is 12.2 Å². The van der Waals surface area contributed by atoms with Gasteiger partial charge in [-0.15, -0.1) is 0 Å². The number of esters is 4. The van der Waals surface area contributed by atoms with E-state index in [1.54, 1.807) is 0 Å². The standard InChI is InChI=1S/C69H134O17P2/c1-9-62(8)48-40-32-27-28-36-44-52-69(74)86-65(56-80-67(72)50-42-34-25-20-19-23-31-39-47-61(6)7)58-84-88(77,78)82-54-63(70)53-81-87(75,76)83-57-64(85-68(73)51-43-35-26-18-14-13-16-22-30-38-46-60(4)5)55-79-66(71)49-41-33-24-17-12-10-11-15-21-29-37-45-59(2)3/h59-65,70H,9-58H2,1-8H3,(H,75,76)(H,77,78)/t62?,63?,64-,65-/m1/s1. The molecule has 522 valence electrons. The highest BCUT2D eigenvalue weighted by molar-refractivity contribution is 7.47. The van der Waals surface area contributed by atoms with Crippen LogP contribution in [0.3, 0.4) is 0 Å². The molecule has 19 heteroatoms. The molecule has 0 rings (SSSR count). The molecule has 0 fully saturated rings. The molecule has 4 unspecified atom stereocenters. The van der Waals surface area contributed by atoms with Gasteiger partial charge in [0.1, 0.15) is 19.3 Å². The second-order valence-electron chi connectivity index (χ2n) is 26.6. The molecule has 0 aliphatic heterocycles. The normalized spacial score (nSPS) is 14.6. The van der Waals surface area contributed by atoms with Gasteiger partial charge in [-0.3, -0.25) is 37.3 Å².